The minimum atomic E-state index is -0.208. The zero-order valence-electron chi connectivity index (χ0n) is 16.9. The summed E-state index contributed by atoms with van der Waals surface area (Å²) in [5, 5.41) is 11.1. The fourth-order valence-corrected chi connectivity index (χ4v) is 3.18. The standard InChI is InChI=1S/C20H21N3O6S/c1-25-14-7-5-6-13(10-14)21-17(24)11-30-20-23-22-19(29-20)12-8-15(26-2)18(28-4)16(9-12)27-3/h5-10H,11H2,1-4H3,(H,21,24). The number of amides is 1. The van der Waals surface area contributed by atoms with Gasteiger partial charge >= 0.3 is 0 Å². The monoisotopic (exact) mass is 431 g/mol. The Bertz CT molecular complexity index is 998. The van der Waals surface area contributed by atoms with Crippen LogP contribution in [0.25, 0.3) is 11.5 Å². The van der Waals surface area contributed by atoms with E-state index >= 15 is 0 Å². The summed E-state index contributed by atoms with van der Waals surface area (Å²) in [6, 6.07) is 10.5. The molecular formula is C20H21N3O6S. The maximum Gasteiger partial charge on any atom is 0.277 e. The third-order valence-corrected chi connectivity index (χ3v) is 4.82. The quantitative estimate of drug-likeness (QED) is 0.510. The minimum Gasteiger partial charge on any atom is -0.497 e. The van der Waals surface area contributed by atoms with E-state index in [2.05, 4.69) is 15.5 Å². The second-order valence-corrected chi connectivity index (χ2v) is 6.78. The van der Waals surface area contributed by atoms with Crippen molar-refractivity contribution in [1.82, 2.24) is 10.2 Å². The maximum atomic E-state index is 12.2. The van der Waals surface area contributed by atoms with Crippen molar-refractivity contribution in [2.24, 2.45) is 0 Å². The van der Waals surface area contributed by atoms with Crippen molar-refractivity contribution in [1.29, 1.82) is 0 Å². The van der Waals surface area contributed by atoms with E-state index in [9.17, 15) is 4.79 Å². The zero-order chi connectivity index (χ0) is 21.5. The second-order valence-electron chi connectivity index (χ2n) is 5.86. The Hall–Kier alpha value is -3.40. The third-order valence-electron chi connectivity index (χ3n) is 4.00. The number of hydrogen-bond acceptors (Lipinski definition) is 9. The van der Waals surface area contributed by atoms with Crippen LogP contribution in [0, 0.1) is 0 Å². The van der Waals surface area contributed by atoms with E-state index in [1.54, 1.807) is 43.5 Å². The molecule has 1 heterocycles. The van der Waals surface area contributed by atoms with E-state index < -0.39 is 0 Å². The Morgan fingerprint density at radius 2 is 1.73 bits per heavy atom. The summed E-state index contributed by atoms with van der Waals surface area (Å²) in [6.07, 6.45) is 0. The summed E-state index contributed by atoms with van der Waals surface area (Å²) in [7, 11) is 6.14. The van der Waals surface area contributed by atoms with E-state index in [0.717, 1.165) is 11.8 Å². The molecule has 0 aliphatic rings. The second kappa shape index (κ2) is 9.88. The van der Waals surface area contributed by atoms with Crippen LogP contribution < -0.4 is 24.3 Å². The van der Waals surface area contributed by atoms with Gasteiger partial charge in [0.05, 0.1) is 34.2 Å². The number of benzene rings is 2. The summed E-state index contributed by atoms with van der Waals surface area (Å²) >= 11 is 1.13. The lowest BCUT2D eigenvalue weighted by Crippen LogP contribution is -2.13. The molecule has 0 radical (unpaired) electrons. The first kappa shape index (κ1) is 21.3. The number of carbonyl (C=O) groups excluding carboxylic acids is 1. The van der Waals surface area contributed by atoms with E-state index in [1.807, 2.05) is 0 Å². The van der Waals surface area contributed by atoms with Gasteiger partial charge in [0.15, 0.2) is 11.5 Å². The highest BCUT2D eigenvalue weighted by Gasteiger charge is 2.18. The highest BCUT2D eigenvalue weighted by molar-refractivity contribution is 7.99. The van der Waals surface area contributed by atoms with Gasteiger partial charge in [-0.15, -0.1) is 10.2 Å². The Morgan fingerprint density at radius 3 is 2.37 bits per heavy atom. The van der Waals surface area contributed by atoms with Gasteiger partial charge in [0.1, 0.15) is 5.75 Å². The molecule has 0 aliphatic carbocycles. The molecule has 1 amide bonds. The van der Waals surface area contributed by atoms with Crippen LogP contribution in [0.15, 0.2) is 46.0 Å². The average molecular weight is 431 g/mol. The van der Waals surface area contributed by atoms with Crippen LogP contribution in [0.3, 0.4) is 0 Å². The molecular weight excluding hydrogens is 410 g/mol. The van der Waals surface area contributed by atoms with Gasteiger partial charge in [0, 0.05) is 17.3 Å². The number of hydrogen-bond donors (Lipinski definition) is 1. The Labute approximate surface area is 177 Å². The summed E-state index contributed by atoms with van der Waals surface area (Å²) in [5.41, 5.74) is 1.24. The topological polar surface area (TPSA) is 105 Å². The van der Waals surface area contributed by atoms with Gasteiger partial charge in [-0.05, 0) is 24.3 Å². The lowest BCUT2D eigenvalue weighted by atomic mass is 10.2. The molecule has 0 atom stereocenters. The predicted octanol–water partition coefficient (Wildman–Crippen LogP) is 3.50. The first-order valence-electron chi connectivity index (χ1n) is 8.78. The average Bonchev–Trinajstić information content (AvgIpc) is 3.25. The number of anilines is 1. The summed E-state index contributed by atoms with van der Waals surface area (Å²) in [6.45, 7) is 0. The largest absolute Gasteiger partial charge is 0.497 e. The molecule has 1 aromatic heterocycles. The van der Waals surface area contributed by atoms with Gasteiger partial charge in [-0.1, -0.05) is 17.8 Å². The Kier molecular flexibility index (Phi) is 7.02. The Balaban J connectivity index is 1.67. The molecule has 3 rings (SSSR count). The highest BCUT2D eigenvalue weighted by atomic mass is 32.2. The summed E-state index contributed by atoms with van der Waals surface area (Å²) < 4.78 is 26.8. The summed E-state index contributed by atoms with van der Waals surface area (Å²) in [5.74, 6) is 2.23. The normalized spacial score (nSPS) is 10.4. The molecule has 10 heteroatoms. The molecule has 0 saturated heterocycles. The highest BCUT2D eigenvalue weighted by Crippen LogP contribution is 2.41. The number of carbonyl (C=O) groups is 1. The number of ether oxygens (including phenoxy) is 4. The molecule has 30 heavy (non-hydrogen) atoms. The number of aromatic nitrogens is 2. The van der Waals surface area contributed by atoms with E-state index in [1.165, 1.54) is 21.3 Å². The predicted molar refractivity (Wildman–Crippen MR) is 112 cm³/mol. The first-order chi connectivity index (χ1) is 14.6. The molecule has 3 aromatic rings. The molecule has 0 aliphatic heterocycles. The molecule has 0 spiro atoms. The third kappa shape index (κ3) is 4.95. The molecule has 0 unspecified atom stereocenters. The van der Waals surface area contributed by atoms with Crippen LogP contribution in [0.2, 0.25) is 0 Å². The summed E-state index contributed by atoms with van der Waals surface area (Å²) in [4.78, 5) is 12.2. The van der Waals surface area contributed by atoms with E-state index in [4.69, 9.17) is 23.4 Å². The maximum absolute atomic E-state index is 12.2. The zero-order valence-corrected chi connectivity index (χ0v) is 17.7. The first-order valence-corrected chi connectivity index (χ1v) is 9.77. The number of rotatable bonds is 9. The SMILES string of the molecule is COc1cccc(NC(=O)CSc2nnc(-c3cc(OC)c(OC)c(OC)c3)o2)c1. The van der Waals surface area contributed by atoms with Gasteiger partial charge in [-0.3, -0.25) is 4.79 Å². The van der Waals surface area contributed by atoms with Gasteiger partial charge in [0.2, 0.25) is 17.5 Å². The van der Waals surface area contributed by atoms with Crippen molar-refractivity contribution in [2.75, 3.05) is 39.5 Å². The lowest BCUT2D eigenvalue weighted by Gasteiger charge is -2.12. The molecule has 0 bridgehead atoms. The molecule has 158 valence electrons. The van der Waals surface area contributed by atoms with Crippen molar-refractivity contribution in [3.8, 4) is 34.5 Å². The molecule has 9 nitrogen and oxygen atoms in total. The van der Waals surface area contributed by atoms with Crippen molar-refractivity contribution >= 4 is 23.4 Å². The lowest BCUT2D eigenvalue weighted by molar-refractivity contribution is -0.113. The van der Waals surface area contributed by atoms with Gasteiger partial charge in [0.25, 0.3) is 5.22 Å². The van der Waals surface area contributed by atoms with E-state index in [-0.39, 0.29) is 22.8 Å². The van der Waals surface area contributed by atoms with Gasteiger partial charge in [-0.2, -0.15) is 0 Å². The fourth-order valence-electron chi connectivity index (χ4n) is 2.61. The van der Waals surface area contributed by atoms with Crippen LogP contribution >= 0.6 is 11.8 Å². The van der Waals surface area contributed by atoms with Crippen LogP contribution in [0.5, 0.6) is 23.0 Å². The van der Waals surface area contributed by atoms with Crippen molar-refractivity contribution in [3.05, 3.63) is 36.4 Å². The number of nitrogens with one attached hydrogen (secondary N) is 1. The minimum absolute atomic E-state index is 0.105. The van der Waals surface area contributed by atoms with Crippen molar-refractivity contribution in [2.45, 2.75) is 5.22 Å². The van der Waals surface area contributed by atoms with Crippen LogP contribution in [0.1, 0.15) is 0 Å². The van der Waals surface area contributed by atoms with Crippen LogP contribution in [-0.4, -0.2) is 50.3 Å². The van der Waals surface area contributed by atoms with Gasteiger partial charge < -0.3 is 28.7 Å². The van der Waals surface area contributed by atoms with Crippen molar-refractivity contribution < 1.29 is 28.2 Å². The number of thioether (sulfide) groups is 1. The van der Waals surface area contributed by atoms with Crippen LogP contribution in [0.4, 0.5) is 5.69 Å². The van der Waals surface area contributed by atoms with Gasteiger partial charge in [-0.25, -0.2) is 0 Å². The smallest absolute Gasteiger partial charge is 0.277 e. The number of methoxy groups -OCH3 is 4. The molecule has 0 fully saturated rings. The Morgan fingerprint density at radius 1 is 1.00 bits per heavy atom. The molecule has 2 aromatic carbocycles. The van der Waals surface area contributed by atoms with Crippen LogP contribution in [-0.2, 0) is 4.79 Å². The number of nitrogens with zero attached hydrogens (tertiary/aromatic N) is 2. The van der Waals surface area contributed by atoms with Crippen molar-refractivity contribution in [3.63, 3.8) is 0 Å². The fraction of sp³-hybridized carbons (Fsp3) is 0.250. The molecule has 0 saturated carbocycles. The van der Waals surface area contributed by atoms with E-state index in [0.29, 0.717) is 34.2 Å². The molecule has 1 N–H and O–H groups in total.